The Hall–Kier alpha value is -1.65. The summed E-state index contributed by atoms with van der Waals surface area (Å²) in [5.41, 5.74) is 2.23. The molecule has 1 unspecified atom stereocenters. The maximum absolute atomic E-state index is 12.7. The van der Waals surface area contributed by atoms with Crippen molar-refractivity contribution in [2.24, 2.45) is 5.92 Å². The van der Waals surface area contributed by atoms with Gasteiger partial charge in [0, 0.05) is 55.6 Å². The number of anilines is 1. The van der Waals surface area contributed by atoms with Gasteiger partial charge in [0.15, 0.2) is 0 Å². The number of amides is 1. The van der Waals surface area contributed by atoms with Gasteiger partial charge in [0.1, 0.15) is 0 Å². The van der Waals surface area contributed by atoms with Crippen molar-refractivity contribution in [3.8, 4) is 0 Å². The zero-order valence-corrected chi connectivity index (χ0v) is 12.5. The lowest BCUT2D eigenvalue weighted by atomic mass is 10.0. The highest BCUT2D eigenvalue weighted by Crippen LogP contribution is 2.27. The summed E-state index contributed by atoms with van der Waals surface area (Å²) >= 11 is 0. The van der Waals surface area contributed by atoms with E-state index in [1.807, 2.05) is 24.1 Å². The molecule has 1 aromatic rings. The highest BCUT2D eigenvalue weighted by Gasteiger charge is 2.35. The maximum Gasteiger partial charge on any atom is 0.223 e. The molecule has 0 saturated carbocycles. The molecule has 0 radical (unpaired) electrons. The minimum atomic E-state index is -0.378. The van der Waals surface area contributed by atoms with E-state index in [0.29, 0.717) is 13.0 Å². The van der Waals surface area contributed by atoms with Crippen LogP contribution in [0.25, 0.3) is 0 Å². The van der Waals surface area contributed by atoms with E-state index in [1.165, 1.54) is 5.69 Å². The van der Waals surface area contributed by atoms with Crippen LogP contribution < -0.4 is 4.90 Å². The van der Waals surface area contributed by atoms with Crippen molar-refractivity contribution >= 4 is 11.6 Å². The molecular weight excluding hydrogens is 269 g/mol. The summed E-state index contributed by atoms with van der Waals surface area (Å²) in [5, 5.41) is 0. The Kier molecular flexibility index (Phi) is 4.08. The highest BCUT2D eigenvalue weighted by molar-refractivity contribution is 5.79. The van der Waals surface area contributed by atoms with Crippen molar-refractivity contribution in [3.63, 3.8) is 0 Å². The highest BCUT2D eigenvalue weighted by atomic mass is 19.1. The van der Waals surface area contributed by atoms with E-state index in [1.54, 1.807) is 0 Å². The van der Waals surface area contributed by atoms with Crippen LogP contribution in [0.2, 0.25) is 0 Å². The molecular formula is C16H22FN3O. The van der Waals surface area contributed by atoms with E-state index in [4.69, 9.17) is 0 Å². The molecule has 1 amide bonds. The first kappa shape index (κ1) is 14.3. The fourth-order valence-corrected chi connectivity index (χ4v) is 3.43. The first-order chi connectivity index (χ1) is 10.2. The molecule has 4 nitrogen and oxygen atoms in total. The summed E-state index contributed by atoms with van der Waals surface area (Å²) < 4.78 is 12.7. The van der Waals surface area contributed by atoms with Crippen LogP contribution in [-0.2, 0) is 4.79 Å². The third kappa shape index (κ3) is 3.01. The number of aromatic nitrogens is 1. The topological polar surface area (TPSA) is 36.4 Å². The molecule has 3 rings (SSSR count). The molecule has 114 valence electrons. The first-order valence-electron chi connectivity index (χ1n) is 7.70. The van der Waals surface area contributed by atoms with Crippen LogP contribution >= 0.6 is 0 Å². The van der Waals surface area contributed by atoms with Gasteiger partial charge in [0.05, 0.1) is 6.67 Å². The monoisotopic (exact) mass is 291 g/mol. The molecule has 1 atom stereocenters. The van der Waals surface area contributed by atoms with Gasteiger partial charge in [-0.25, -0.2) is 0 Å². The number of piperidine rings is 1. The van der Waals surface area contributed by atoms with Crippen molar-refractivity contribution in [3.05, 3.63) is 24.0 Å². The zero-order chi connectivity index (χ0) is 14.8. The van der Waals surface area contributed by atoms with E-state index in [2.05, 4.69) is 16.0 Å². The number of rotatable bonds is 3. The van der Waals surface area contributed by atoms with Gasteiger partial charge in [-0.05, 0) is 31.9 Å². The Morgan fingerprint density at radius 3 is 2.76 bits per heavy atom. The molecule has 0 spiro atoms. The fourth-order valence-electron chi connectivity index (χ4n) is 3.43. The standard InChI is InChI=1S/C16H22FN3O/c1-12-8-15(2-5-18-12)19-6-3-14(4-7-19)20-11-13(10-17)9-16(20)21/h2,5,8,13-14H,3-4,6-7,9-11H2,1H3. The Bertz CT molecular complexity index is 514. The van der Waals surface area contributed by atoms with E-state index in [-0.39, 0.29) is 24.5 Å². The summed E-state index contributed by atoms with van der Waals surface area (Å²) in [6.45, 7) is 4.11. The second-order valence-electron chi connectivity index (χ2n) is 6.14. The molecule has 1 aromatic heterocycles. The minimum Gasteiger partial charge on any atom is -0.371 e. The third-order valence-electron chi connectivity index (χ3n) is 4.61. The number of alkyl halides is 1. The van der Waals surface area contributed by atoms with Gasteiger partial charge in [-0.15, -0.1) is 0 Å². The molecule has 2 aliphatic heterocycles. The number of likely N-dealkylation sites (tertiary alicyclic amines) is 1. The third-order valence-corrected chi connectivity index (χ3v) is 4.61. The number of carbonyl (C=O) groups excluding carboxylic acids is 1. The van der Waals surface area contributed by atoms with Crippen molar-refractivity contribution in [1.29, 1.82) is 0 Å². The summed E-state index contributed by atoms with van der Waals surface area (Å²) in [5.74, 6) is 0.0502. The van der Waals surface area contributed by atoms with Crippen LogP contribution in [0.15, 0.2) is 18.3 Å². The zero-order valence-electron chi connectivity index (χ0n) is 12.5. The summed E-state index contributed by atoms with van der Waals surface area (Å²) in [4.78, 5) is 20.5. The van der Waals surface area contributed by atoms with Crippen LogP contribution in [0.3, 0.4) is 0 Å². The summed E-state index contributed by atoms with van der Waals surface area (Å²) in [6.07, 6.45) is 4.16. The molecule has 0 bridgehead atoms. The Morgan fingerprint density at radius 2 is 2.14 bits per heavy atom. The van der Waals surface area contributed by atoms with Gasteiger partial charge in [-0.2, -0.15) is 0 Å². The summed E-state index contributed by atoms with van der Waals surface area (Å²) in [6, 6.07) is 4.42. The number of carbonyl (C=O) groups is 1. The first-order valence-corrected chi connectivity index (χ1v) is 7.70. The SMILES string of the molecule is Cc1cc(N2CCC(N3CC(CF)CC3=O)CC2)ccn1. The van der Waals surface area contributed by atoms with Crippen molar-refractivity contribution < 1.29 is 9.18 Å². The lowest BCUT2D eigenvalue weighted by molar-refractivity contribution is -0.130. The maximum atomic E-state index is 12.7. The van der Waals surface area contributed by atoms with Gasteiger partial charge in [-0.1, -0.05) is 0 Å². The van der Waals surface area contributed by atoms with Crippen molar-refractivity contribution in [2.45, 2.75) is 32.2 Å². The molecule has 0 N–H and O–H groups in total. The van der Waals surface area contributed by atoms with E-state index >= 15 is 0 Å². The van der Waals surface area contributed by atoms with Gasteiger partial charge in [-0.3, -0.25) is 14.2 Å². The smallest absolute Gasteiger partial charge is 0.223 e. The second-order valence-corrected chi connectivity index (χ2v) is 6.14. The van der Waals surface area contributed by atoms with Gasteiger partial charge < -0.3 is 9.80 Å². The lowest BCUT2D eigenvalue weighted by Gasteiger charge is -2.38. The Morgan fingerprint density at radius 1 is 1.38 bits per heavy atom. The van der Waals surface area contributed by atoms with Crippen LogP contribution in [0.5, 0.6) is 0 Å². The van der Waals surface area contributed by atoms with Crippen LogP contribution in [-0.4, -0.2) is 48.1 Å². The molecule has 2 saturated heterocycles. The minimum absolute atomic E-state index is 0.0848. The average Bonchev–Trinajstić information content (AvgIpc) is 2.89. The number of nitrogens with zero attached hydrogens (tertiary/aromatic N) is 3. The predicted octanol–water partition coefficient (Wildman–Crippen LogP) is 2.18. The number of hydrogen-bond acceptors (Lipinski definition) is 3. The van der Waals surface area contributed by atoms with Crippen molar-refractivity contribution in [2.75, 3.05) is 31.2 Å². The van der Waals surface area contributed by atoms with Crippen molar-refractivity contribution in [1.82, 2.24) is 9.88 Å². The molecule has 2 aliphatic rings. The lowest BCUT2D eigenvalue weighted by Crippen LogP contribution is -2.45. The van der Waals surface area contributed by atoms with Crippen LogP contribution in [0.4, 0.5) is 10.1 Å². The average molecular weight is 291 g/mol. The largest absolute Gasteiger partial charge is 0.371 e. The van der Waals surface area contributed by atoms with Gasteiger partial charge in [0.2, 0.25) is 5.91 Å². The van der Waals surface area contributed by atoms with Gasteiger partial charge in [0.25, 0.3) is 0 Å². The van der Waals surface area contributed by atoms with Gasteiger partial charge >= 0.3 is 0 Å². The molecule has 21 heavy (non-hydrogen) atoms. The van der Waals surface area contributed by atoms with E-state index in [0.717, 1.165) is 31.6 Å². The van der Waals surface area contributed by atoms with Crippen LogP contribution in [0, 0.1) is 12.8 Å². The number of aryl methyl sites for hydroxylation is 1. The molecule has 0 aromatic carbocycles. The number of pyridine rings is 1. The number of hydrogen-bond donors (Lipinski definition) is 0. The summed E-state index contributed by atoms with van der Waals surface area (Å²) in [7, 11) is 0. The molecule has 5 heteroatoms. The second kappa shape index (κ2) is 6.00. The quantitative estimate of drug-likeness (QED) is 0.856. The van der Waals surface area contributed by atoms with Crippen LogP contribution in [0.1, 0.15) is 25.0 Å². The Labute approximate surface area is 125 Å². The number of halogens is 1. The normalized spacial score (nSPS) is 23.9. The Balaban J connectivity index is 1.59. The van der Waals surface area contributed by atoms with E-state index in [9.17, 15) is 9.18 Å². The van der Waals surface area contributed by atoms with E-state index < -0.39 is 0 Å². The molecule has 0 aliphatic carbocycles. The molecule has 3 heterocycles. The predicted molar refractivity (Wildman–Crippen MR) is 80.0 cm³/mol. The molecule has 2 fully saturated rings. The fraction of sp³-hybridized carbons (Fsp3) is 0.625.